The molecule has 0 fully saturated rings. The van der Waals surface area contributed by atoms with E-state index in [1.807, 2.05) is 61.5 Å². The first-order valence-electron chi connectivity index (χ1n) is 11.2. The fraction of sp³-hybridized carbons (Fsp3) is 0.172. The molecule has 0 bridgehead atoms. The van der Waals surface area contributed by atoms with Crippen molar-refractivity contribution in [2.45, 2.75) is 32.1 Å². The van der Waals surface area contributed by atoms with E-state index in [1.165, 1.54) is 16.7 Å². The van der Waals surface area contributed by atoms with E-state index >= 15 is 0 Å². The van der Waals surface area contributed by atoms with Crippen LogP contribution < -0.4 is 29.6 Å². The number of hydrogen-bond donors (Lipinski definition) is 1. The van der Waals surface area contributed by atoms with Crippen LogP contribution in [0.25, 0.3) is 22.3 Å². The summed E-state index contributed by atoms with van der Waals surface area (Å²) in [6.07, 6.45) is 0.258. The van der Waals surface area contributed by atoms with Gasteiger partial charge in [0, 0.05) is 4.47 Å². The van der Waals surface area contributed by atoms with Crippen molar-refractivity contribution in [1.29, 1.82) is 0 Å². The summed E-state index contributed by atoms with van der Waals surface area (Å²) in [5, 5.41) is 9.25. The zero-order valence-corrected chi connectivity index (χ0v) is 25.1. The molecular formula is C29H28BrNaO4S. The second kappa shape index (κ2) is 14.2. The summed E-state index contributed by atoms with van der Waals surface area (Å²) < 4.78 is 33.1. The summed E-state index contributed by atoms with van der Waals surface area (Å²) in [5.74, 6) is 0. The largest absolute Gasteiger partial charge is 1.00 e. The number of aryl methyl sites for hydroxylation is 3. The van der Waals surface area contributed by atoms with Crippen LogP contribution in [-0.2, 0) is 16.5 Å². The van der Waals surface area contributed by atoms with Crippen LogP contribution in [0.3, 0.4) is 0 Å². The van der Waals surface area contributed by atoms with Crippen molar-refractivity contribution >= 4 is 26.0 Å². The SMILES string of the molecule is Cc1cc(Br)ccc1-c1ccccc1.Cc1cc(CCC(O)S(=O)(=O)[O-])ccc1-c1ccccc1.[Na+]. The average Bonchev–Trinajstić information content (AvgIpc) is 2.83. The van der Waals surface area contributed by atoms with Crippen LogP contribution in [-0.4, -0.2) is 23.5 Å². The van der Waals surface area contributed by atoms with Crippen molar-refractivity contribution in [3.63, 3.8) is 0 Å². The van der Waals surface area contributed by atoms with Gasteiger partial charge in [0.05, 0.1) is 0 Å². The third kappa shape index (κ3) is 8.96. The molecule has 0 aromatic heterocycles. The van der Waals surface area contributed by atoms with Crippen molar-refractivity contribution in [3.05, 3.63) is 118 Å². The molecule has 4 aromatic rings. The summed E-state index contributed by atoms with van der Waals surface area (Å²) in [4.78, 5) is 0. The average molecular weight is 576 g/mol. The van der Waals surface area contributed by atoms with Gasteiger partial charge in [0.15, 0.2) is 0 Å². The maximum absolute atomic E-state index is 10.7. The monoisotopic (exact) mass is 574 g/mol. The Hall–Kier alpha value is -1.77. The minimum atomic E-state index is -4.63. The number of benzene rings is 4. The first kappa shape index (κ1) is 30.5. The topological polar surface area (TPSA) is 77.4 Å². The predicted octanol–water partition coefficient (Wildman–Crippen LogP) is 3.89. The van der Waals surface area contributed by atoms with Gasteiger partial charge in [-0.1, -0.05) is 101 Å². The van der Waals surface area contributed by atoms with Gasteiger partial charge in [0.2, 0.25) is 0 Å². The van der Waals surface area contributed by atoms with Crippen LogP contribution in [0.4, 0.5) is 0 Å². The first-order valence-corrected chi connectivity index (χ1v) is 13.5. The van der Waals surface area contributed by atoms with E-state index in [1.54, 1.807) is 0 Å². The van der Waals surface area contributed by atoms with Gasteiger partial charge >= 0.3 is 29.6 Å². The fourth-order valence-corrected chi connectivity index (χ4v) is 4.71. The smallest absolute Gasteiger partial charge is 0.746 e. The molecule has 0 saturated carbocycles. The molecular weight excluding hydrogens is 547 g/mol. The Kier molecular flexibility index (Phi) is 12.0. The molecule has 0 spiro atoms. The molecule has 4 nitrogen and oxygen atoms in total. The predicted molar refractivity (Wildman–Crippen MR) is 145 cm³/mol. The van der Waals surface area contributed by atoms with Crippen LogP contribution >= 0.6 is 15.9 Å². The van der Waals surface area contributed by atoms with E-state index in [4.69, 9.17) is 0 Å². The van der Waals surface area contributed by atoms with Gasteiger partial charge in [-0.2, -0.15) is 0 Å². The second-order valence-electron chi connectivity index (χ2n) is 8.33. The first-order chi connectivity index (χ1) is 16.6. The molecule has 0 aliphatic carbocycles. The van der Waals surface area contributed by atoms with Gasteiger partial charge in [-0.05, 0) is 77.8 Å². The zero-order valence-electron chi connectivity index (χ0n) is 20.7. The molecule has 1 N–H and O–H groups in total. The van der Waals surface area contributed by atoms with Crippen molar-refractivity contribution in [2.24, 2.45) is 0 Å². The molecule has 0 amide bonds. The third-order valence-corrected chi connectivity index (χ3v) is 7.06. The Balaban J connectivity index is 0.000000265. The van der Waals surface area contributed by atoms with Gasteiger partial charge in [-0.3, -0.25) is 0 Å². The van der Waals surface area contributed by atoms with Gasteiger partial charge in [-0.15, -0.1) is 0 Å². The van der Waals surface area contributed by atoms with Crippen molar-refractivity contribution in [1.82, 2.24) is 0 Å². The Bertz CT molecular complexity index is 1360. The van der Waals surface area contributed by atoms with Gasteiger partial charge < -0.3 is 9.66 Å². The van der Waals surface area contributed by atoms with Crippen molar-refractivity contribution < 1.29 is 47.6 Å². The minimum absolute atomic E-state index is 0. The van der Waals surface area contributed by atoms with Crippen LogP contribution in [0.5, 0.6) is 0 Å². The van der Waals surface area contributed by atoms with E-state index in [0.29, 0.717) is 6.42 Å². The Labute approximate surface area is 244 Å². The Morgan fingerprint density at radius 1 is 0.778 bits per heavy atom. The summed E-state index contributed by atoms with van der Waals surface area (Å²) in [6, 6.07) is 32.6. The molecule has 36 heavy (non-hydrogen) atoms. The third-order valence-electron chi connectivity index (χ3n) is 5.66. The number of hydrogen-bond acceptors (Lipinski definition) is 4. The minimum Gasteiger partial charge on any atom is -0.746 e. The molecule has 0 radical (unpaired) electrons. The zero-order chi connectivity index (χ0) is 25.4. The molecule has 4 rings (SSSR count). The molecule has 4 aromatic carbocycles. The van der Waals surface area contributed by atoms with Crippen LogP contribution in [0.1, 0.15) is 23.1 Å². The number of aliphatic hydroxyl groups is 1. The van der Waals surface area contributed by atoms with Crippen molar-refractivity contribution in [3.8, 4) is 22.3 Å². The van der Waals surface area contributed by atoms with E-state index in [0.717, 1.165) is 26.7 Å². The second-order valence-corrected chi connectivity index (χ2v) is 10.8. The number of halogens is 1. The van der Waals surface area contributed by atoms with Crippen molar-refractivity contribution in [2.75, 3.05) is 0 Å². The number of rotatable bonds is 6. The maximum atomic E-state index is 10.7. The molecule has 1 unspecified atom stereocenters. The fourth-order valence-electron chi connectivity index (χ4n) is 3.83. The molecule has 0 aliphatic heterocycles. The number of aliphatic hydroxyl groups excluding tert-OH is 1. The summed E-state index contributed by atoms with van der Waals surface area (Å²) in [5.41, 5.74) is 6.22. The van der Waals surface area contributed by atoms with E-state index in [2.05, 4.69) is 65.3 Å². The van der Waals surface area contributed by atoms with Crippen LogP contribution in [0.15, 0.2) is 102 Å². The Morgan fingerprint density at radius 3 is 1.69 bits per heavy atom. The van der Waals surface area contributed by atoms with E-state index in [9.17, 15) is 18.1 Å². The van der Waals surface area contributed by atoms with E-state index < -0.39 is 15.6 Å². The molecule has 0 saturated heterocycles. The van der Waals surface area contributed by atoms with E-state index in [-0.39, 0.29) is 36.0 Å². The summed E-state index contributed by atoms with van der Waals surface area (Å²) in [6.45, 7) is 4.11. The van der Waals surface area contributed by atoms with Gasteiger partial charge in [0.25, 0.3) is 0 Å². The molecule has 1 atom stereocenters. The quantitative estimate of drug-likeness (QED) is 0.280. The summed E-state index contributed by atoms with van der Waals surface area (Å²) in [7, 11) is -4.63. The van der Waals surface area contributed by atoms with Gasteiger partial charge in [0.1, 0.15) is 15.6 Å². The molecule has 7 heteroatoms. The molecule has 0 heterocycles. The molecule has 0 aliphatic rings. The van der Waals surface area contributed by atoms with Gasteiger partial charge in [-0.25, -0.2) is 8.42 Å². The summed E-state index contributed by atoms with van der Waals surface area (Å²) >= 11 is 3.47. The normalized spacial score (nSPS) is 11.6. The van der Waals surface area contributed by atoms with Crippen LogP contribution in [0, 0.1) is 13.8 Å². The standard InChI is InChI=1S/C16H18O4S.C13H11Br.Na/c1-12-11-13(8-10-16(17)21(18,19)20)7-9-15(12)14-5-3-2-4-6-14;1-10-9-12(14)7-8-13(10)11-5-3-2-4-6-11;/h2-7,9,11,16-17H,8,10H2,1H3,(H,18,19,20);2-9H,1H3;/q;;+1/p-1. The Morgan fingerprint density at radius 2 is 1.25 bits per heavy atom. The van der Waals surface area contributed by atoms with Crippen LogP contribution in [0.2, 0.25) is 0 Å². The molecule has 182 valence electrons. The maximum Gasteiger partial charge on any atom is 1.00 e.